The number of carboxylic acid groups (broad SMARTS) is 1. The molecule has 43 heavy (non-hydrogen) atoms. The second-order valence-corrected chi connectivity index (χ2v) is 9.62. The number of ether oxygens (including phenoxy) is 1. The van der Waals surface area contributed by atoms with Crippen molar-refractivity contribution in [3.8, 4) is 11.4 Å². The highest BCUT2D eigenvalue weighted by Gasteiger charge is 2.31. The fourth-order valence-corrected chi connectivity index (χ4v) is 4.42. The standard InChI is InChI=1S/C30H32N6O7/c1-2-43-30(42)36-17-15-35(16-18-36)29(41)22(13-14-25(37)38)32-28(40)23-19-24(34-27(39)21-11-7-4-8-12-21)33-26(31-23)20-9-5-3-6-10-20/h3-12,19,22H,2,13-18H2,1H3,(H,32,40)(H,37,38)(H,31,33,34,39). The number of nitrogens with one attached hydrogen (secondary N) is 2. The maximum absolute atomic E-state index is 13.5. The van der Waals surface area contributed by atoms with Crippen LogP contribution in [0.25, 0.3) is 11.4 Å². The second kappa shape index (κ2) is 14.5. The molecule has 13 heteroatoms. The van der Waals surface area contributed by atoms with Gasteiger partial charge in [-0.3, -0.25) is 19.2 Å². The van der Waals surface area contributed by atoms with Crippen LogP contribution in [0.4, 0.5) is 10.6 Å². The van der Waals surface area contributed by atoms with E-state index >= 15 is 0 Å². The van der Waals surface area contributed by atoms with Crippen LogP contribution in [-0.2, 0) is 14.3 Å². The van der Waals surface area contributed by atoms with E-state index in [-0.39, 0.29) is 63.0 Å². The molecule has 4 amide bonds. The molecule has 1 aromatic heterocycles. The molecule has 1 aliphatic heterocycles. The molecule has 0 radical (unpaired) electrons. The Morgan fingerprint density at radius 1 is 0.884 bits per heavy atom. The van der Waals surface area contributed by atoms with Crippen molar-refractivity contribution in [3.63, 3.8) is 0 Å². The fraction of sp³-hybridized carbons (Fsp3) is 0.300. The van der Waals surface area contributed by atoms with E-state index in [0.717, 1.165) is 0 Å². The number of piperazine rings is 1. The minimum atomic E-state index is -1.17. The van der Waals surface area contributed by atoms with Crippen LogP contribution >= 0.6 is 0 Å². The Bertz CT molecular complexity index is 1460. The number of carbonyl (C=O) groups excluding carboxylic acids is 4. The molecule has 0 aliphatic carbocycles. The van der Waals surface area contributed by atoms with Gasteiger partial charge in [-0.15, -0.1) is 0 Å². The van der Waals surface area contributed by atoms with Crippen molar-refractivity contribution in [2.45, 2.75) is 25.8 Å². The lowest BCUT2D eigenvalue weighted by Crippen LogP contribution is -2.56. The summed E-state index contributed by atoms with van der Waals surface area (Å²) in [7, 11) is 0. The quantitative estimate of drug-likeness (QED) is 0.322. The molecule has 1 aliphatic rings. The zero-order valence-corrected chi connectivity index (χ0v) is 23.6. The Balaban J connectivity index is 1.56. The van der Waals surface area contributed by atoms with Crippen molar-refractivity contribution in [2.75, 3.05) is 38.1 Å². The Labute approximate surface area is 247 Å². The number of amides is 4. The van der Waals surface area contributed by atoms with Gasteiger partial charge in [0.1, 0.15) is 17.6 Å². The summed E-state index contributed by atoms with van der Waals surface area (Å²) >= 11 is 0. The Hall–Kier alpha value is -5.33. The number of carbonyl (C=O) groups is 5. The highest BCUT2D eigenvalue weighted by atomic mass is 16.6. The van der Waals surface area contributed by atoms with Gasteiger partial charge in [-0.05, 0) is 25.5 Å². The van der Waals surface area contributed by atoms with Gasteiger partial charge in [0.2, 0.25) is 5.91 Å². The van der Waals surface area contributed by atoms with Crippen LogP contribution in [0.2, 0.25) is 0 Å². The Morgan fingerprint density at radius 3 is 2.14 bits per heavy atom. The smallest absolute Gasteiger partial charge is 0.409 e. The Kier molecular flexibility index (Phi) is 10.3. The Morgan fingerprint density at radius 2 is 1.51 bits per heavy atom. The van der Waals surface area contributed by atoms with Crippen LogP contribution in [0.3, 0.4) is 0 Å². The molecule has 1 fully saturated rings. The summed E-state index contributed by atoms with van der Waals surface area (Å²) < 4.78 is 5.01. The summed E-state index contributed by atoms with van der Waals surface area (Å²) in [6, 6.07) is 17.4. The monoisotopic (exact) mass is 588 g/mol. The first-order valence-electron chi connectivity index (χ1n) is 13.8. The summed E-state index contributed by atoms with van der Waals surface area (Å²) in [4.78, 5) is 74.9. The van der Waals surface area contributed by atoms with Crippen molar-refractivity contribution in [1.82, 2.24) is 25.1 Å². The first-order valence-corrected chi connectivity index (χ1v) is 13.8. The third-order valence-electron chi connectivity index (χ3n) is 6.64. The molecular weight excluding hydrogens is 556 g/mol. The van der Waals surface area contributed by atoms with Crippen molar-refractivity contribution in [3.05, 3.63) is 78.0 Å². The minimum absolute atomic E-state index is 0.0661. The number of hydrogen-bond donors (Lipinski definition) is 3. The van der Waals surface area contributed by atoms with Gasteiger partial charge in [0.25, 0.3) is 11.8 Å². The van der Waals surface area contributed by atoms with Crippen LogP contribution in [0, 0.1) is 0 Å². The van der Waals surface area contributed by atoms with Crippen LogP contribution in [-0.4, -0.2) is 93.5 Å². The fourth-order valence-electron chi connectivity index (χ4n) is 4.42. The molecule has 0 bridgehead atoms. The molecule has 4 rings (SSSR count). The van der Waals surface area contributed by atoms with Gasteiger partial charge in [0.15, 0.2) is 5.82 Å². The van der Waals surface area contributed by atoms with Crippen LogP contribution < -0.4 is 10.6 Å². The molecule has 3 N–H and O–H groups in total. The third kappa shape index (κ3) is 8.35. The topological polar surface area (TPSA) is 171 Å². The average Bonchev–Trinajstić information content (AvgIpc) is 3.03. The summed E-state index contributed by atoms with van der Waals surface area (Å²) in [6.07, 6.45) is -0.998. The summed E-state index contributed by atoms with van der Waals surface area (Å²) in [5, 5.41) is 14.6. The number of carboxylic acids is 1. The largest absolute Gasteiger partial charge is 0.481 e. The second-order valence-electron chi connectivity index (χ2n) is 9.62. The molecule has 1 unspecified atom stereocenters. The lowest BCUT2D eigenvalue weighted by atomic mass is 10.1. The van der Waals surface area contributed by atoms with E-state index in [1.165, 1.54) is 15.9 Å². The van der Waals surface area contributed by atoms with Crippen LogP contribution in [0.5, 0.6) is 0 Å². The highest BCUT2D eigenvalue weighted by Crippen LogP contribution is 2.19. The normalized spacial score (nSPS) is 13.5. The van der Waals surface area contributed by atoms with Gasteiger partial charge in [0.05, 0.1) is 6.61 Å². The molecule has 1 saturated heterocycles. The zero-order chi connectivity index (χ0) is 30.8. The molecule has 224 valence electrons. The number of hydrogen-bond acceptors (Lipinski definition) is 8. The van der Waals surface area contributed by atoms with Crippen molar-refractivity contribution >= 4 is 35.6 Å². The summed E-state index contributed by atoms with van der Waals surface area (Å²) in [6.45, 7) is 2.79. The van der Waals surface area contributed by atoms with E-state index in [2.05, 4.69) is 20.6 Å². The summed E-state index contributed by atoms with van der Waals surface area (Å²) in [5.74, 6) is -2.56. The van der Waals surface area contributed by atoms with Crippen molar-refractivity contribution in [2.24, 2.45) is 0 Å². The predicted octanol–water partition coefficient (Wildman–Crippen LogP) is 2.66. The number of nitrogens with zero attached hydrogens (tertiary/aromatic N) is 4. The maximum Gasteiger partial charge on any atom is 0.409 e. The number of anilines is 1. The van der Waals surface area contributed by atoms with Crippen LogP contribution in [0.1, 0.15) is 40.6 Å². The first-order chi connectivity index (χ1) is 20.7. The average molecular weight is 589 g/mol. The van der Waals surface area contributed by atoms with E-state index in [1.54, 1.807) is 61.5 Å². The van der Waals surface area contributed by atoms with Crippen molar-refractivity contribution < 1.29 is 33.8 Å². The lowest BCUT2D eigenvalue weighted by molar-refractivity contribution is -0.138. The van der Waals surface area contributed by atoms with Gasteiger partial charge < -0.3 is 30.3 Å². The van der Waals surface area contributed by atoms with Gasteiger partial charge in [-0.25, -0.2) is 14.8 Å². The first kappa shape index (κ1) is 30.6. The lowest BCUT2D eigenvalue weighted by Gasteiger charge is -2.35. The number of aliphatic carboxylic acids is 1. The summed E-state index contributed by atoms with van der Waals surface area (Å²) in [5.41, 5.74) is 0.846. The van der Waals surface area contributed by atoms with E-state index in [1.807, 2.05) is 6.07 Å². The molecule has 0 spiro atoms. The highest BCUT2D eigenvalue weighted by molar-refractivity contribution is 6.04. The molecule has 1 atom stereocenters. The molecule has 3 aromatic rings. The molecule has 2 heterocycles. The van der Waals surface area contributed by atoms with Crippen LogP contribution in [0.15, 0.2) is 66.7 Å². The number of benzene rings is 2. The minimum Gasteiger partial charge on any atom is -0.481 e. The number of aromatic nitrogens is 2. The van der Waals surface area contributed by atoms with E-state index < -0.39 is 35.8 Å². The van der Waals surface area contributed by atoms with E-state index in [9.17, 15) is 29.1 Å². The van der Waals surface area contributed by atoms with Gasteiger partial charge in [-0.2, -0.15) is 0 Å². The molecule has 13 nitrogen and oxygen atoms in total. The SMILES string of the molecule is CCOC(=O)N1CCN(C(=O)C(CCC(=O)O)NC(=O)c2cc(NC(=O)c3ccccc3)nc(-c3ccccc3)n2)CC1. The molecule has 2 aromatic carbocycles. The van der Waals surface area contributed by atoms with Crippen molar-refractivity contribution in [1.29, 1.82) is 0 Å². The molecular formula is C30H32N6O7. The van der Waals surface area contributed by atoms with Gasteiger partial charge in [0, 0.05) is 49.8 Å². The van der Waals surface area contributed by atoms with Gasteiger partial charge in [-0.1, -0.05) is 48.5 Å². The predicted molar refractivity (Wildman–Crippen MR) is 155 cm³/mol. The molecule has 0 saturated carbocycles. The van der Waals surface area contributed by atoms with E-state index in [0.29, 0.717) is 11.1 Å². The number of rotatable bonds is 10. The van der Waals surface area contributed by atoms with Gasteiger partial charge >= 0.3 is 12.1 Å². The maximum atomic E-state index is 13.5. The zero-order valence-electron chi connectivity index (χ0n) is 23.6. The van der Waals surface area contributed by atoms with E-state index in [4.69, 9.17) is 4.74 Å². The third-order valence-corrected chi connectivity index (χ3v) is 6.64.